The number of halogens is 1. The quantitative estimate of drug-likeness (QED) is 0.777. The molecule has 7 heteroatoms. The first-order valence-electron chi connectivity index (χ1n) is 8.52. The fourth-order valence-corrected chi connectivity index (χ4v) is 3.94. The average Bonchev–Trinajstić information content (AvgIpc) is 2.63. The molecule has 1 atom stereocenters. The molecule has 0 aromatic carbocycles. The van der Waals surface area contributed by atoms with Crippen molar-refractivity contribution in [1.82, 2.24) is 9.97 Å². The number of carbonyl (C=O) groups excluding carboxylic acids is 1. The topological polar surface area (TPSA) is 78.7 Å². The number of nitrogens with zero attached hydrogens (tertiary/aromatic N) is 3. The van der Waals surface area contributed by atoms with Crippen LogP contribution in [-0.2, 0) is 17.6 Å². The zero-order valence-electron chi connectivity index (χ0n) is 14.5. The van der Waals surface area contributed by atoms with E-state index < -0.39 is 0 Å². The molecule has 2 aromatic heterocycles. The van der Waals surface area contributed by atoms with Crippen LogP contribution in [0, 0.1) is 17.2 Å². The van der Waals surface area contributed by atoms with E-state index in [1.165, 1.54) is 23.5 Å². The van der Waals surface area contributed by atoms with E-state index in [1.54, 1.807) is 12.1 Å². The molecule has 3 rings (SSSR count). The zero-order chi connectivity index (χ0) is 18.5. The largest absolute Gasteiger partial charge is 0.311 e. The number of aromatic nitrogens is 2. The molecule has 0 spiro atoms. The van der Waals surface area contributed by atoms with Crippen LogP contribution in [0.4, 0.5) is 5.82 Å². The first-order chi connectivity index (χ1) is 12.5. The second-order valence-electron chi connectivity index (χ2n) is 6.41. The van der Waals surface area contributed by atoms with Gasteiger partial charge in [0.1, 0.15) is 16.9 Å². The molecule has 2 heterocycles. The lowest BCUT2D eigenvalue weighted by Gasteiger charge is -2.21. The summed E-state index contributed by atoms with van der Waals surface area (Å²) in [5.41, 5.74) is 2.89. The highest BCUT2D eigenvalue weighted by Crippen LogP contribution is 2.29. The fraction of sp³-hybridized carbons (Fsp3) is 0.368. The minimum atomic E-state index is -0.127. The van der Waals surface area contributed by atoms with Crippen molar-refractivity contribution in [1.29, 1.82) is 5.26 Å². The number of carbonyl (C=O) groups is 1. The van der Waals surface area contributed by atoms with Crippen molar-refractivity contribution in [3.05, 3.63) is 46.2 Å². The molecule has 0 bridgehead atoms. The highest BCUT2D eigenvalue weighted by Gasteiger charge is 2.19. The lowest BCUT2D eigenvalue weighted by atomic mass is 9.87. The highest BCUT2D eigenvalue weighted by atomic mass is 35.5. The van der Waals surface area contributed by atoms with Gasteiger partial charge in [0.2, 0.25) is 5.91 Å². The number of hydrogen-bond acceptors (Lipinski definition) is 5. The smallest absolute Gasteiger partial charge is 0.226 e. The van der Waals surface area contributed by atoms with E-state index in [9.17, 15) is 10.1 Å². The van der Waals surface area contributed by atoms with Gasteiger partial charge >= 0.3 is 0 Å². The molecule has 1 amide bonds. The van der Waals surface area contributed by atoms with Gasteiger partial charge in [-0.2, -0.15) is 5.26 Å². The van der Waals surface area contributed by atoms with Gasteiger partial charge in [-0.15, -0.1) is 11.8 Å². The van der Waals surface area contributed by atoms with Crippen LogP contribution in [0.25, 0.3) is 0 Å². The van der Waals surface area contributed by atoms with Crippen molar-refractivity contribution in [3.63, 3.8) is 0 Å². The van der Waals surface area contributed by atoms with Crippen molar-refractivity contribution in [3.8, 4) is 6.07 Å². The molecule has 5 nitrogen and oxygen atoms in total. The van der Waals surface area contributed by atoms with Gasteiger partial charge < -0.3 is 5.32 Å². The van der Waals surface area contributed by atoms with Crippen LogP contribution in [0.1, 0.15) is 36.6 Å². The molecule has 1 unspecified atom stereocenters. The third-order valence-electron chi connectivity index (χ3n) is 4.28. The second kappa shape index (κ2) is 8.52. The Labute approximate surface area is 162 Å². The minimum absolute atomic E-state index is 0.127. The monoisotopic (exact) mass is 386 g/mol. The van der Waals surface area contributed by atoms with Crippen molar-refractivity contribution < 1.29 is 4.79 Å². The summed E-state index contributed by atoms with van der Waals surface area (Å²) in [5.74, 6) is 1.54. The molecule has 26 heavy (non-hydrogen) atoms. The summed E-state index contributed by atoms with van der Waals surface area (Å²) >= 11 is 7.23. The third-order valence-corrected chi connectivity index (χ3v) is 5.50. The normalized spacial score (nSPS) is 15.8. The summed E-state index contributed by atoms with van der Waals surface area (Å²) < 4.78 is 0. The fourth-order valence-electron chi connectivity index (χ4n) is 2.91. The number of nitriles is 1. The number of fused-ring (bicyclic) bond motifs is 1. The Kier molecular flexibility index (Phi) is 6.12. The lowest BCUT2D eigenvalue weighted by Crippen LogP contribution is -2.15. The summed E-state index contributed by atoms with van der Waals surface area (Å²) in [6.45, 7) is 2.23. The van der Waals surface area contributed by atoms with Gasteiger partial charge in [0.25, 0.3) is 0 Å². The second-order valence-corrected chi connectivity index (χ2v) is 7.94. The van der Waals surface area contributed by atoms with Crippen molar-refractivity contribution in [2.75, 3.05) is 11.1 Å². The molecule has 0 fully saturated rings. The number of pyridine rings is 2. The Morgan fingerprint density at radius 3 is 3.08 bits per heavy atom. The van der Waals surface area contributed by atoms with Gasteiger partial charge in [-0.05, 0) is 48.9 Å². The summed E-state index contributed by atoms with van der Waals surface area (Å²) in [7, 11) is 0. The van der Waals surface area contributed by atoms with Crippen LogP contribution in [0.15, 0.2) is 29.4 Å². The van der Waals surface area contributed by atoms with E-state index in [4.69, 9.17) is 16.6 Å². The molecule has 2 aromatic rings. The summed E-state index contributed by atoms with van der Waals surface area (Å²) in [6, 6.07) is 7.54. The average molecular weight is 387 g/mol. The number of anilines is 1. The van der Waals surface area contributed by atoms with Crippen LogP contribution in [0.3, 0.4) is 0 Å². The third kappa shape index (κ3) is 4.75. The molecule has 0 saturated carbocycles. The van der Waals surface area contributed by atoms with Gasteiger partial charge in [0.15, 0.2) is 0 Å². The molecule has 0 radical (unpaired) electrons. The SMILES string of the molecule is CC1CCc2nc(SCCC(=O)Nc3ccc(Cl)cn3)c(C#N)cc2C1. The van der Waals surface area contributed by atoms with Crippen LogP contribution < -0.4 is 5.32 Å². The number of thioether (sulfide) groups is 1. The van der Waals surface area contributed by atoms with E-state index >= 15 is 0 Å². The standard InChI is InChI=1S/C19H19ClN4OS/c1-12-2-4-16-13(8-12)9-14(10-21)19(23-16)26-7-6-18(25)24-17-5-3-15(20)11-22-17/h3,5,9,11-12H,2,4,6-8H2,1H3,(H,22,24,25). The number of nitrogens with one attached hydrogen (secondary N) is 1. The Morgan fingerprint density at radius 2 is 2.35 bits per heavy atom. The molecule has 134 valence electrons. The predicted octanol–water partition coefficient (Wildman–Crippen LogP) is 4.25. The van der Waals surface area contributed by atoms with Gasteiger partial charge in [0.05, 0.1) is 10.6 Å². The van der Waals surface area contributed by atoms with E-state index in [2.05, 4.69) is 23.3 Å². The first-order valence-corrected chi connectivity index (χ1v) is 9.88. The minimum Gasteiger partial charge on any atom is -0.311 e. The molecule has 1 aliphatic rings. The Morgan fingerprint density at radius 1 is 1.50 bits per heavy atom. The molecular formula is C19H19ClN4OS. The molecule has 0 aliphatic heterocycles. The summed E-state index contributed by atoms with van der Waals surface area (Å²) in [6.07, 6.45) is 4.88. The van der Waals surface area contributed by atoms with Gasteiger partial charge in [0, 0.05) is 24.1 Å². The Hall–Kier alpha value is -2.10. The number of amides is 1. The van der Waals surface area contributed by atoms with Crippen LogP contribution >= 0.6 is 23.4 Å². The van der Waals surface area contributed by atoms with Crippen molar-refractivity contribution in [2.24, 2.45) is 5.92 Å². The van der Waals surface area contributed by atoms with E-state index in [0.29, 0.717) is 34.5 Å². The maximum atomic E-state index is 12.0. The Balaban J connectivity index is 1.58. The molecular weight excluding hydrogens is 368 g/mol. The highest BCUT2D eigenvalue weighted by molar-refractivity contribution is 7.99. The van der Waals surface area contributed by atoms with Crippen molar-refractivity contribution >= 4 is 35.1 Å². The van der Waals surface area contributed by atoms with Gasteiger partial charge in [-0.25, -0.2) is 9.97 Å². The van der Waals surface area contributed by atoms with E-state index in [1.807, 2.05) is 6.07 Å². The van der Waals surface area contributed by atoms with Crippen LogP contribution in [0.5, 0.6) is 0 Å². The van der Waals surface area contributed by atoms with Crippen LogP contribution in [0.2, 0.25) is 5.02 Å². The van der Waals surface area contributed by atoms with E-state index in [0.717, 1.165) is 30.0 Å². The maximum absolute atomic E-state index is 12.0. The Bertz CT molecular complexity index is 848. The van der Waals surface area contributed by atoms with E-state index in [-0.39, 0.29) is 5.91 Å². The molecule has 1 aliphatic carbocycles. The maximum Gasteiger partial charge on any atom is 0.226 e. The summed E-state index contributed by atoms with van der Waals surface area (Å²) in [4.78, 5) is 20.8. The predicted molar refractivity (Wildman–Crippen MR) is 103 cm³/mol. The summed E-state index contributed by atoms with van der Waals surface area (Å²) in [5, 5.41) is 13.4. The number of aryl methyl sites for hydroxylation is 1. The zero-order valence-corrected chi connectivity index (χ0v) is 16.0. The number of rotatable bonds is 5. The van der Waals surface area contributed by atoms with Gasteiger partial charge in [-0.1, -0.05) is 18.5 Å². The number of hydrogen-bond donors (Lipinski definition) is 1. The van der Waals surface area contributed by atoms with Crippen molar-refractivity contribution in [2.45, 2.75) is 37.6 Å². The molecule has 1 N–H and O–H groups in total. The molecule has 0 saturated heterocycles. The first kappa shape index (κ1) is 18.7. The van der Waals surface area contributed by atoms with Crippen LogP contribution in [-0.4, -0.2) is 21.6 Å². The lowest BCUT2D eigenvalue weighted by molar-refractivity contribution is -0.115. The van der Waals surface area contributed by atoms with Gasteiger partial charge in [-0.3, -0.25) is 4.79 Å².